The van der Waals surface area contributed by atoms with Gasteiger partial charge in [0.2, 0.25) is 5.82 Å². The summed E-state index contributed by atoms with van der Waals surface area (Å²) >= 11 is 0. The van der Waals surface area contributed by atoms with Crippen LogP contribution >= 0.6 is 0 Å². The molecule has 126 valence electrons. The fourth-order valence-electron chi connectivity index (χ4n) is 3.69. The maximum absolute atomic E-state index is 13.1. The van der Waals surface area contributed by atoms with Crippen LogP contribution in [0.15, 0.2) is 24.3 Å². The fourth-order valence-corrected chi connectivity index (χ4v) is 3.69. The van der Waals surface area contributed by atoms with Gasteiger partial charge in [0.05, 0.1) is 0 Å². The van der Waals surface area contributed by atoms with Gasteiger partial charge in [0.25, 0.3) is 0 Å². The third-order valence-corrected chi connectivity index (χ3v) is 4.83. The van der Waals surface area contributed by atoms with Crippen molar-refractivity contribution in [3.8, 4) is 0 Å². The zero-order valence-electron chi connectivity index (χ0n) is 13.2. The largest absolute Gasteiger partial charge is 0.451 e. The van der Waals surface area contributed by atoms with Gasteiger partial charge in [-0.3, -0.25) is 0 Å². The third-order valence-electron chi connectivity index (χ3n) is 4.83. The number of halogens is 3. The molecule has 6 heteroatoms. The quantitative estimate of drug-likeness (QED) is 0.904. The van der Waals surface area contributed by atoms with Crippen LogP contribution in [0.4, 0.5) is 19.0 Å². The molecule has 1 heterocycles. The molecule has 0 atom stereocenters. The molecular formula is C18H18F3N3. The molecular weight excluding hydrogens is 315 g/mol. The number of benzene rings is 1. The fraction of sp³-hybridized carbons (Fsp3) is 0.444. The van der Waals surface area contributed by atoms with Gasteiger partial charge in [-0.1, -0.05) is 24.3 Å². The molecule has 0 radical (unpaired) electrons. The van der Waals surface area contributed by atoms with Crippen LogP contribution in [0, 0.1) is 0 Å². The van der Waals surface area contributed by atoms with Crippen molar-refractivity contribution in [2.75, 3.05) is 5.32 Å². The van der Waals surface area contributed by atoms with Gasteiger partial charge in [-0.15, -0.1) is 0 Å². The maximum Gasteiger partial charge on any atom is 0.451 e. The summed E-state index contributed by atoms with van der Waals surface area (Å²) in [6, 6.07) is 8.23. The van der Waals surface area contributed by atoms with E-state index in [0.717, 1.165) is 37.7 Å². The topological polar surface area (TPSA) is 37.8 Å². The summed E-state index contributed by atoms with van der Waals surface area (Å²) in [6.07, 6.45) is 0.320. The van der Waals surface area contributed by atoms with Gasteiger partial charge in [0.15, 0.2) is 0 Å². The molecule has 1 aromatic heterocycles. The van der Waals surface area contributed by atoms with Gasteiger partial charge in [-0.25, -0.2) is 9.97 Å². The molecule has 1 aromatic carbocycles. The normalized spacial score (nSPS) is 17.5. The Hall–Kier alpha value is -2.11. The minimum atomic E-state index is -4.51. The summed E-state index contributed by atoms with van der Waals surface area (Å²) in [5.74, 6) is -0.647. The molecule has 0 spiro atoms. The molecule has 2 aromatic rings. The highest BCUT2D eigenvalue weighted by Crippen LogP contribution is 2.33. The molecule has 0 unspecified atom stereocenters. The second-order valence-electron chi connectivity index (χ2n) is 6.54. The Kier molecular flexibility index (Phi) is 3.70. The molecule has 0 bridgehead atoms. The van der Waals surface area contributed by atoms with Crippen molar-refractivity contribution in [2.24, 2.45) is 0 Å². The molecule has 2 aliphatic carbocycles. The molecule has 0 saturated carbocycles. The van der Waals surface area contributed by atoms with Crippen molar-refractivity contribution in [2.45, 2.75) is 50.7 Å². The lowest BCUT2D eigenvalue weighted by Crippen LogP contribution is -2.25. The number of anilines is 1. The van der Waals surface area contributed by atoms with Crippen molar-refractivity contribution in [3.05, 3.63) is 52.5 Å². The number of aryl methyl sites for hydroxylation is 1. The Bertz CT molecular complexity index is 746. The minimum absolute atomic E-state index is 0.0874. The highest BCUT2D eigenvalue weighted by Gasteiger charge is 2.37. The molecule has 4 rings (SSSR count). The van der Waals surface area contributed by atoms with Gasteiger partial charge in [0, 0.05) is 17.3 Å². The summed E-state index contributed by atoms with van der Waals surface area (Å²) in [5.41, 5.74) is 3.94. The Morgan fingerprint density at radius 1 is 0.958 bits per heavy atom. The number of nitrogens with one attached hydrogen (secondary N) is 1. The van der Waals surface area contributed by atoms with Crippen LogP contribution in [-0.2, 0) is 31.9 Å². The minimum Gasteiger partial charge on any atom is -0.366 e. The number of alkyl halides is 3. The van der Waals surface area contributed by atoms with Crippen LogP contribution in [0.2, 0.25) is 0 Å². The van der Waals surface area contributed by atoms with Crippen LogP contribution in [-0.4, -0.2) is 16.0 Å². The lowest BCUT2D eigenvalue weighted by atomic mass is 9.96. The van der Waals surface area contributed by atoms with E-state index in [1.807, 2.05) is 12.1 Å². The SMILES string of the molecule is FC(F)(F)c1nc2c(c(NC3Cc4ccccc4C3)n1)CCCC2. The molecule has 0 fully saturated rings. The van der Waals surface area contributed by atoms with Crippen molar-refractivity contribution >= 4 is 5.82 Å². The molecule has 24 heavy (non-hydrogen) atoms. The third kappa shape index (κ3) is 2.85. The number of rotatable bonds is 2. The van der Waals surface area contributed by atoms with E-state index in [0.29, 0.717) is 17.9 Å². The van der Waals surface area contributed by atoms with Crippen molar-refractivity contribution in [1.82, 2.24) is 9.97 Å². The van der Waals surface area contributed by atoms with E-state index in [1.54, 1.807) is 0 Å². The van der Waals surface area contributed by atoms with E-state index in [2.05, 4.69) is 27.4 Å². The molecule has 1 N–H and O–H groups in total. The average molecular weight is 333 g/mol. The summed E-state index contributed by atoms with van der Waals surface area (Å²) in [6.45, 7) is 0. The zero-order chi connectivity index (χ0) is 16.7. The Balaban J connectivity index is 1.65. The van der Waals surface area contributed by atoms with E-state index in [9.17, 15) is 13.2 Å². The predicted octanol–water partition coefficient (Wildman–Crippen LogP) is 3.95. The van der Waals surface area contributed by atoms with Crippen molar-refractivity contribution < 1.29 is 13.2 Å². The average Bonchev–Trinajstić information content (AvgIpc) is 2.96. The molecule has 0 saturated heterocycles. The zero-order valence-corrected chi connectivity index (χ0v) is 13.2. The van der Waals surface area contributed by atoms with Gasteiger partial charge < -0.3 is 5.32 Å². The van der Waals surface area contributed by atoms with Gasteiger partial charge in [0.1, 0.15) is 5.82 Å². The van der Waals surface area contributed by atoms with Gasteiger partial charge >= 0.3 is 6.18 Å². The Morgan fingerprint density at radius 2 is 1.62 bits per heavy atom. The lowest BCUT2D eigenvalue weighted by molar-refractivity contribution is -0.145. The van der Waals surface area contributed by atoms with Crippen LogP contribution in [0.25, 0.3) is 0 Å². The highest BCUT2D eigenvalue weighted by molar-refractivity contribution is 5.50. The van der Waals surface area contributed by atoms with Crippen molar-refractivity contribution in [3.63, 3.8) is 0 Å². The molecule has 0 aliphatic heterocycles. The number of aromatic nitrogens is 2. The van der Waals surface area contributed by atoms with E-state index >= 15 is 0 Å². The van der Waals surface area contributed by atoms with Crippen LogP contribution in [0.5, 0.6) is 0 Å². The van der Waals surface area contributed by atoms with E-state index in [1.165, 1.54) is 11.1 Å². The monoisotopic (exact) mass is 333 g/mol. The predicted molar refractivity (Wildman–Crippen MR) is 84.9 cm³/mol. The standard InChI is InChI=1S/C18H18F3N3/c19-18(20,21)17-23-15-8-4-3-7-14(15)16(24-17)22-13-9-11-5-1-2-6-12(11)10-13/h1-2,5-6,13H,3-4,7-10H2,(H,22,23,24). The number of hydrogen-bond acceptors (Lipinski definition) is 3. The smallest absolute Gasteiger partial charge is 0.366 e. The van der Waals surface area contributed by atoms with Crippen LogP contribution < -0.4 is 5.32 Å². The first kappa shape index (κ1) is 15.4. The molecule has 2 aliphatic rings. The summed E-state index contributed by atoms with van der Waals surface area (Å²) < 4.78 is 39.3. The first-order valence-corrected chi connectivity index (χ1v) is 8.31. The Morgan fingerprint density at radius 3 is 2.29 bits per heavy atom. The Labute approximate surface area is 138 Å². The van der Waals surface area contributed by atoms with E-state index < -0.39 is 12.0 Å². The number of hydrogen-bond donors (Lipinski definition) is 1. The second-order valence-corrected chi connectivity index (χ2v) is 6.54. The number of fused-ring (bicyclic) bond motifs is 2. The van der Waals surface area contributed by atoms with Crippen molar-refractivity contribution in [1.29, 1.82) is 0 Å². The summed E-state index contributed by atoms with van der Waals surface area (Å²) in [5, 5.41) is 3.28. The number of nitrogens with zero attached hydrogens (tertiary/aromatic N) is 2. The van der Waals surface area contributed by atoms with Gasteiger partial charge in [-0.05, 0) is 49.7 Å². The summed E-state index contributed by atoms with van der Waals surface area (Å²) in [4.78, 5) is 7.62. The summed E-state index contributed by atoms with van der Waals surface area (Å²) in [7, 11) is 0. The first-order chi connectivity index (χ1) is 11.5. The van der Waals surface area contributed by atoms with Gasteiger partial charge in [-0.2, -0.15) is 13.2 Å². The second kappa shape index (κ2) is 5.76. The first-order valence-electron chi connectivity index (χ1n) is 8.31. The molecule has 3 nitrogen and oxygen atoms in total. The molecule has 0 amide bonds. The van der Waals surface area contributed by atoms with Crippen LogP contribution in [0.3, 0.4) is 0 Å². The van der Waals surface area contributed by atoms with E-state index in [-0.39, 0.29) is 6.04 Å². The lowest BCUT2D eigenvalue weighted by Gasteiger charge is -2.22. The highest BCUT2D eigenvalue weighted by atomic mass is 19.4. The maximum atomic E-state index is 13.1. The van der Waals surface area contributed by atoms with E-state index in [4.69, 9.17) is 0 Å². The van der Waals surface area contributed by atoms with Crippen LogP contribution in [0.1, 0.15) is 41.1 Å².